The summed E-state index contributed by atoms with van der Waals surface area (Å²) in [6.45, 7) is 1.63. The largest absolute Gasteiger partial charge is 0.341 e. The fraction of sp³-hybridized carbons (Fsp3) is 0.118. The summed E-state index contributed by atoms with van der Waals surface area (Å²) in [7, 11) is 0. The predicted molar refractivity (Wildman–Crippen MR) is 88.7 cm³/mol. The Bertz CT molecular complexity index is 973. The quantitative estimate of drug-likeness (QED) is 0.555. The van der Waals surface area contributed by atoms with Gasteiger partial charge in [-0.2, -0.15) is 4.98 Å². The van der Waals surface area contributed by atoms with Gasteiger partial charge >= 0.3 is 0 Å². The average molecular weight is 356 g/mol. The van der Waals surface area contributed by atoms with E-state index in [0.29, 0.717) is 5.56 Å². The molecule has 0 saturated heterocycles. The number of hydrogen-bond donors (Lipinski definition) is 1. The second-order valence-corrected chi connectivity index (χ2v) is 5.47. The molecule has 1 heterocycles. The van der Waals surface area contributed by atoms with Gasteiger partial charge in [-0.05, 0) is 25.1 Å². The number of nitro benzene ring substituents is 1. The molecule has 0 spiro atoms. The number of rotatable bonds is 5. The number of nitro groups is 1. The van der Waals surface area contributed by atoms with Crippen LogP contribution >= 0.6 is 0 Å². The predicted octanol–water partition coefficient (Wildman–Crippen LogP) is 3.27. The van der Waals surface area contributed by atoms with Gasteiger partial charge in [0.15, 0.2) is 0 Å². The maximum Gasteiger partial charge on any atom is 0.270 e. The molecule has 0 bridgehead atoms. The van der Waals surface area contributed by atoms with Gasteiger partial charge in [-0.15, -0.1) is 0 Å². The normalized spacial score (nSPS) is 11.8. The van der Waals surface area contributed by atoms with Crippen molar-refractivity contribution in [2.45, 2.75) is 13.0 Å². The Morgan fingerprint density at radius 1 is 1.27 bits per heavy atom. The molecule has 1 amide bonds. The Morgan fingerprint density at radius 3 is 2.77 bits per heavy atom. The van der Waals surface area contributed by atoms with E-state index in [9.17, 15) is 19.3 Å². The fourth-order valence-electron chi connectivity index (χ4n) is 2.26. The summed E-state index contributed by atoms with van der Waals surface area (Å²) in [5.74, 6) is -0.727. The van der Waals surface area contributed by atoms with Crippen LogP contribution in [0.25, 0.3) is 11.4 Å². The van der Waals surface area contributed by atoms with Crippen molar-refractivity contribution in [2.75, 3.05) is 0 Å². The lowest BCUT2D eigenvalue weighted by atomic mass is 10.2. The van der Waals surface area contributed by atoms with Gasteiger partial charge in [-0.1, -0.05) is 23.4 Å². The van der Waals surface area contributed by atoms with Crippen LogP contribution in [0.1, 0.15) is 29.2 Å². The van der Waals surface area contributed by atoms with Crippen molar-refractivity contribution in [1.29, 1.82) is 0 Å². The number of halogens is 1. The zero-order valence-corrected chi connectivity index (χ0v) is 13.5. The Kier molecular flexibility index (Phi) is 4.70. The Hall–Kier alpha value is -3.62. The molecule has 2 aromatic carbocycles. The molecule has 0 unspecified atom stereocenters. The molecule has 3 aromatic rings. The molecule has 0 aliphatic carbocycles. The van der Waals surface area contributed by atoms with Gasteiger partial charge in [0, 0.05) is 23.3 Å². The third-order valence-corrected chi connectivity index (χ3v) is 3.56. The summed E-state index contributed by atoms with van der Waals surface area (Å²) in [6, 6.07) is 10.4. The smallest absolute Gasteiger partial charge is 0.270 e. The number of carbonyl (C=O) groups is 1. The third kappa shape index (κ3) is 3.72. The van der Waals surface area contributed by atoms with Crippen molar-refractivity contribution in [3.63, 3.8) is 0 Å². The summed E-state index contributed by atoms with van der Waals surface area (Å²) >= 11 is 0. The molecule has 0 aliphatic heterocycles. The fourth-order valence-corrected chi connectivity index (χ4v) is 2.26. The maximum atomic E-state index is 13.2. The average Bonchev–Trinajstić information content (AvgIpc) is 3.12. The van der Waals surface area contributed by atoms with Crippen molar-refractivity contribution in [1.82, 2.24) is 15.5 Å². The second-order valence-electron chi connectivity index (χ2n) is 5.47. The minimum atomic E-state index is -0.634. The summed E-state index contributed by atoms with van der Waals surface area (Å²) in [5.41, 5.74) is 0.481. The first kappa shape index (κ1) is 17.2. The molecular formula is C17H13FN4O4. The summed E-state index contributed by atoms with van der Waals surface area (Å²) in [6.07, 6.45) is 0. The van der Waals surface area contributed by atoms with E-state index >= 15 is 0 Å². The number of hydrogen-bond acceptors (Lipinski definition) is 6. The van der Waals surface area contributed by atoms with E-state index in [-0.39, 0.29) is 23.0 Å². The number of nitrogens with one attached hydrogen (secondary N) is 1. The number of nitrogens with zero attached hydrogens (tertiary/aromatic N) is 3. The van der Waals surface area contributed by atoms with Crippen LogP contribution in [0.4, 0.5) is 10.1 Å². The second kappa shape index (κ2) is 7.09. The van der Waals surface area contributed by atoms with Crippen LogP contribution in [0.5, 0.6) is 0 Å². The van der Waals surface area contributed by atoms with Crippen molar-refractivity contribution >= 4 is 11.6 Å². The van der Waals surface area contributed by atoms with Crippen LogP contribution in [0.3, 0.4) is 0 Å². The van der Waals surface area contributed by atoms with Crippen LogP contribution in [-0.2, 0) is 0 Å². The summed E-state index contributed by atoms with van der Waals surface area (Å²) < 4.78 is 18.3. The van der Waals surface area contributed by atoms with Gasteiger partial charge in [0.05, 0.1) is 4.92 Å². The zero-order chi connectivity index (χ0) is 18.7. The van der Waals surface area contributed by atoms with Crippen LogP contribution in [0.15, 0.2) is 53.1 Å². The number of benzene rings is 2. The van der Waals surface area contributed by atoms with Gasteiger partial charge in [-0.25, -0.2) is 4.39 Å². The maximum absolute atomic E-state index is 13.2. The minimum Gasteiger partial charge on any atom is -0.341 e. The van der Waals surface area contributed by atoms with Gasteiger partial charge in [0.1, 0.15) is 11.9 Å². The monoisotopic (exact) mass is 356 g/mol. The molecule has 0 fully saturated rings. The van der Waals surface area contributed by atoms with Gasteiger partial charge in [0.25, 0.3) is 11.6 Å². The van der Waals surface area contributed by atoms with E-state index in [1.165, 1.54) is 36.4 Å². The molecule has 3 rings (SSSR count). The van der Waals surface area contributed by atoms with E-state index in [4.69, 9.17) is 4.52 Å². The molecule has 1 atom stereocenters. The number of aromatic nitrogens is 2. The highest BCUT2D eigenvalue weighted by Crippen LogP contribution is 2.23. The number of non-ortho nitro benzene ring substituents is 1. The van der Waals surface area contributed by atoms with Gasteiger partial charge in [-0.3, -0.25) is 14.9 Å². The van der Waals surface area contributed by atoms with Crippen LogP contribution in [0.2, 0.25) is 0 Å². The third-order valence-electron chi connectivity index (χ3n) is 3.56. The van der Waals surface area contributed by atoms with Crippen molar-refractivity contribution in [2.24, 2.45) is 0 Å². The van der Waals surface area contributed by atoms with Gasteiger partial charge < -0.3 is 9.84 Å². The van der Waals surface area contributed by atoms with Crippen LogP contribution in [0, 0.1) is 15.9 Å². The Balaban J connectivity index is 1.76. The molecule has 0 radical (unpaired) electrons. The first-order valence-corrected chi connectivity index (χ1v) is 7.59. The first-order chi connectivity index (χ1) is 12.4. The number of carbonyl (C=O) groups excluding carboxylic acids is 1. The summed E-state index contributed by atoms with van der Waals surface area (Å²) in [4.78, 5) is 26.6. The van der Waals surface area contributed by atoms with Crippen LogP contribution < -0.4 is 5.32 Å². The highest BCUT2D eigenvalue weighted by atomic mass is 19.1. The van der Waals surface area contributed by atoms with E-state index in [1.54, 1.807) is 13.0 Å². The molecule has 132 valence electrons. The molecule has 8 nitrogen and oxygen atoms in total. The molecule has 0 saturated carbocycles. The van der Waals surface area contributed by atoms with Crippen LogP contribution in [-0.4, -0.2) is 21.0 Å². The lowest BCUT2D eigenvalue weighted by molar-refractivity contribution is -0.384. The van der Waals surface area contributed by atoms with Crippen molar-refractivity contribution in [3.05, 3.63) is 75.9 Å². The van der Waals surface area contributed by atoms with E-state index in [0.717, 1.165) is 6.07 Å². The SMILES string of the molecule is C[C@H](NC(=O)c1cccc(F)c1)c1nc(-c2cccc([N+](=O)[O-])c2)no1. The van der Waals surface area contributed by atoms with E-state index < -0.39 is 22.7 Å². The summed E-state index contributed by atoms with van der Waals surface area (Å²) in [5, 5.41) is 17.3. The lowest BCUT2D eigenvalue weighted by Crippen LogP contribution is -2.26. The van der Waals surface area contributed by atoms with Gasteiger partial charge in [0.2, 0.25) is 11.7 Å². The zero-order valence-electron chi connectivity index (χ0n) is 13.5. The molecule has 1 aromatic heterocycles. The first-order valence-electron chi connectivity index (χ1n) is 7.59. The molecule has 9 heteroatoms. The molecule has 0 aliphatic rings. The highest BCUT2D eigenvalue weighted by molar-refractivity contribution is 5.94. The Labute approximate surface area is 146 Å². The van der Waals surface area contributed by atoms with Crippen molar-refractivity contribution in [3.8, 4) is 11.4 Å². The minimum absolute atomic E-state index is 0.0960. The highest BCUT2D eigenvalue weighted by Gasteiger charge is 2.19. The number of amides is 1. The van der Waals surface area contributed by atoms with E-state index in [1.807, 2.05) is 0 Å². The molecule has 1 N–H and O–H groups in total. The topological polar surface area (TPSA) is 111 Å². The molecular weight excluding hydrogens is 343 g/mol. The standard InChI is InChI=1S/C17H13FN4O4/c1-10(19-16(23)12-5-2-6-13(18)8-12)17-20-15(21-26-17)11-4-3-7-14(9-11)22(24)25/h2-10H,1H3,(H,19,23)/t10-/m0/s1. The Morgan fingerprint density at radius 2 is 2.04 bits per heavy atom. The molecule has 26 heavy (non-hydrogen) atoms. The lowest BCUT2D eigenvalue weighted by Gasteiger charge is -2.09. The van der Waals surface area contributed by atoms with Crippen molar-refractivity contribution < 1.29 is 18.6 Å². The van der Waals surface area contributed by atoms with E-state index in [2.05, 4.69) is 15.5 Å².